The molecule has 6 heteroatoms. The number of nitrogens with zero attached hydrogens (tertiary/aromatic N) is 1. The Balaban J connectivity index is 2.31. The first-order chi connectivity index (χ1) is 8.24. The maximum absolute atomic E-state index is 11.0. The molecule has 1 aromatic carbocycles. The Hall–Kier alpha value is -1.82. The van der Waals surface area contributed by atoms with Crippen molar-refractivity contribution in [1.29, 1.82) is 0 Å². The highest BCUT2D eigenvalue weighted by molar-refractivity contribution is 5.76. The second-order valence-electron chi connectivity index (χ2n) is 3.92. The van der Waals surface area contributed by atoms with Gasteiger partial charge in [-0.2, -0.15) is 0 Å². The molecule has 92 valence electrons. The lowest BCUT2D eigenvalue weighted by molar-refractivity contribution is -0.384. The van der Waals surface area contributed by atoms with E-state index in [-0.39, 0.29) is 17.2 Å². The van der Waals surface area contributed by atoms with Crippen LogP contribution < -0.4 is 10.6 Å². The zero-order chi connectivity index (χ0) is 12.3. The zero-order valence-electron chi connectivity index (χ0n) is 9.40. The fourth-order valence-corrected chi connectivity index (χ4v) is 2.02. The smallest absolute Gasteiger partial charge is 0.292 e. The van der Waals surface area contributed by atoms with Crippen molar-refractivity contribution in [2.24, 2.45) is 0 Å². The van der Waals surface area contributed by atoms with Gasteiger partial charge in [-0.3, -0.25) is 10.1 Å². The van der Waals surface area contributed by atoms with Crippen molar-refractivity contribution < 1.29 is 10.0 Å². The molecule has 0 aliphatic carbocycles. The summed E-state index contributed by atoms with van der Waals surface area (Å²) in [7, 11) is 0. The summed E-state index contributed by atoms with van der Waals surface area (Å²) < 4.78 is 0. The standard InChI is InChI=1S/C11H15N3O3/c15-7-1-5-13-11-8-4-6-12-9(8)2-3-10(11)14(16)17/h2-3,12-13,15H,1,4-7H2. The van der Waals surface area contributed by atoms with Crippen molar-refractivity contribution in [2.75, 3.05) is 30.3 Å². The summed E-state index contributed by atoms with van der Waals surface area (Å²) in [6.07, 6.45) is 1.37. The summed E-state index contributed by atoms with van der Waals surface area (Å²) in [5.74, 6) is 0. The van der Waals surface area contributed by atoms with Gasteiger partial charge in [0.1, 0.15) is 5.69 Å². The third-order valence-corrected chi connectivity index (χ3v) is 2.81. The molecular formula is C11H15N3O3. The van der Waals surface area contributed by atoms with Gasteiger partial charge in [-0.05, 0) is 18.9 Å². The summed E-state index contributed by atoms with van der Waals surface area (Å²) in [4.78, 5) is 10.6. The second kappa shape index (κ2) is 5.01. The molecule has 0 aromatic heterocycles. The van der Waals surface area contributed by atoms with Crippen LogP contribution in [0.5, 0.6) is 0 Å². The summed E-state index contributed by atoms with van der Waals surface area (Å²) in [5, 5.41) is 25.9. The molecule has 0 amide bonds. The van der Waals surface area contributed by atoms with E-state index < -0.39 is 0 Å². The Morgan fingerprint density at radius 1 is 1.53 bits per heavy atom. The highest BCUT2D eigenvalue weighted by Crippen LogP contribution is 2.36. The fourth-order valence-electron chi connectivity index (χ4n) is 2.02. The molecule has 1 aliphatic rings. The lowest BCUT2D eigenvalue weighted by Gasteiger charge is -2.10. The molecule has 0 saturated heterocycles. The van der Waals surface area contributed by atoms with Gasteiger partial charge in [0, 0.05) is 37.0 Å². The van der Waals surface area contributed by atoms with Crippen molar-refractivity contribution in [2.45, 2.75) is 12.8 Å². The van der Waals surface area contributed by atoms with Gasteiger partial charge >= 0.3 is 0 Å². The summed E-state index contributed by atoms with van der Waals surface area (Å²) in [6, 6.07) is 3.26. The average molecular weight is 237 g/mol. The predicted octanol–water partition coefficient (Wildman–Crippen LogP) is 1.36. The molecule has 3 N–H and O–H groups in total. The van der Waals surface area contributed by atoms with Gasteiger partial charge in [0.2, 0.25) is 0 Å². The molecule has 1 heterocycles. The van der Waals surface area contributed by atoms with Gasteiger partial charge in [0.05, 0.1) is 4.92 Å². The highest BCUT2D eigenvalue weighted by atomic mass is 16.6. The van der Waals surface area contributed by atoms with Gasteiger partial charge in [-0.1, -0.05) is 0 Å². The summed E-state index contributed by atoms with van der Waals surface area (Å²) in [6.45, 7) is 1.42. The maximum atomic E-state index is 11.0. The molecule has 2 rings (SSSR count). The first-order valence-corrected chi connectivity index (χ1v) is 5.63. The molecular weight excluding hydrogens is 222 g/mol. The topological polar surface area (TPSA) is 87.4 Å². The number of nitro groups is 1. The number of fused-ring (bicyclic) bond motifs is 1. The van der Waals surface area contributed by atoms with Crippen LogP contribution in [0.1, 0.15) is 12.0 Å². The molecule has 0 spiro atoms. The van der Waals surface area contributed by atoms with Crippen molar-refractivity contribution >= 4 is 17.1 Å². The van der Waals surface area contributed by atoms with Gasteiger partial charge in [0.15, 0.2) is 0 Å². The van der Waals surface area contributed by atoms with Crippen LogP contribution >= 0.6 is 0 Å². The van der Waals surface area contributed by atoms with Gasteiger partial charge in [-0.25, -0.2) is 0 Å². The van der Waals surface area contributed by atoms with E-state index in [0.29, 0.717) is 18.7 Å². The Kier molecular flexibility index (Phi) is 3.43. The van der Waals surface area contributed by atoms with Crippen LogP contribution in [-0.4, -0.2) is 29.7 Å². The minimum absolute atomic E-state index is 0.0775. The number of rotatable bonds is 5. The molecule has 0 radical (unpaired) electrons. The quantitative estimate of drug-likeness (QED) is 0.409. The molecule has 0 bridgehead atoms. The number of hydrogen-bond acceptors (Lipinski definition) is 5. The normalized spacial score (nSPS) is 13.0. The lowest BCUT2D eigenvalue weighted by Crippen LogP contribution is -2.07. The SMILES string of the molecule is O=[N+]([O-])c1ccc2c(c1NCCCO)CCN2. The Labute approximate surface area is 98.8 Å². The molecule has 0 atom stereocenters. The van der Waals surface area contributed by atoms with Crippen molar-refractivity contribution in [3.05, 3.63) is 27.8 Å². The van der Waals surface area contributed by atoms with E-state index in [2.05, 4.69) is 10.6 Å². The fraction of sp³-hybridized carbons (Fsp3) is 0.455. The number of nitrogens with one attached hydrogen (secondary N) is 2. The van der Waals surface area contributed by atoms with Crippen LogP contribution in [0.15, 0.2) is 12.1 Å². The number of benzene rings is 1. The lowest BCUT2D eigenvalue weighted by atomic mass is 10.1. The monoisotopic (exact) mass is 237 g/mol. The van der Waals surface area contributed by atoms with E-state index in [1.165, 1.54) is 6.07 Å². The van der Waals surface area contributed by atoms with E-state index in [9.17, 15) is 10.1 Å². The minimum atomic E-state index is -0.375. The number of anilines is 2. The van der Waals surface area contributed by atoms with Crippen LogP contribution in [0.25, 0.3) is 0 Å². The molecule has 17 heavy (non-hydrogen) atoms. The summed E-state index contributed by atoms with van der Waals surface area (Å²) >= 11 is 0. The Morgan fingerprint density at radius 3 is 3.06 bits per heavy atom. The van der Waals surface area contributed by atoms with Crippen molar-refractivity contribution in [1.82, 2.24) is 0 Å². The van der Waals surface area contributed by atoms with Gasteiger partial charge < -0.3 is 15.7 Å². The Morgan fingerprint density at radius 2 is 2.35 bits per heavy atom. The molecule has 6 nitrogen and oxygen atoms in total. The summed E-state index contributed by atoms with van der Waals surface area (Å²) in [5.41, 5.74) is 2.62. The highest BCUT2D eigenvalue weighted by Gasteiger charge is 2.23. The number of hydrogen-bond donors (Lipinski definition) is 3. The third-order valence-electron chi connectivity index (χ3n) is 2.81. The molecule has 0 fully saturated rings. The first kappa shape index (κ1) is 11.7. The van der Waals surface area contributed by atoms with Crippen LogP contribution in [0.4, 0.5) is 17.1 Å². The van der Waals surface area contributed by atoms with E-state index in [0.717, 1.165) is 24.2 Å². The molecule has 0 unspecified atom stereocenters. The second-order valence-corrected chi connectivity index (χ2v) is 3.92. The van der Waals surface area contributed by atoms with Crippen LogP contribution in [-0.2, 0) is 6.42 Å². The largest absolute Gasteiger partial charge is 0.396 e. The maximum Gasteiger partial charge on any atom is 0.292 e. The third kappa shape index (κ3) is 2.31. The van der Waals surface area contributed by atoms with Crippen LogP contribution in [0.3, 0.4) is 0 Å². The van der Waals surface area contributed by atoms with E-state index in [1.54, 1.807) is 6.07 Å². The average Bonchev–Trinajstić information content (AvgIpc) is 2.77. The predicted molar refractivity (Wildman–Crippen MR) is 65.5 cm³/mol. The Bertz CT molecular complexity index is 434. The number of nitro benzene ring substituents is 1. The van der Waals surface area contributed by atoms with Gasteiger partial charge in [0.25, 0.3) is 5.69 Å². The van der Waals surface area contributed by atoms with Crippen molar-refractivity contribution in [3.8, 4) is 0 Å². The number of aliphatic hydroxyl groups is 1. The van der Waals surface area contributed by atoms with Crippen LogP contribution in [0.2, 0.25) is 0 Å². The molecule has 1 aromatic rings. The van der Waals surface area contributed by atoms with E-state index in [4.69, 9.17) is 5.11 Å². The van der Waals surface area contributed by atoms with Crippen LogP contribution in [0, 0.1) is 10.1 Å². The first-order valence-electron chi connectivity index (χ1n) is 5.63. The minimum Gasteiger partial charge on any atom is -0.396 e. The molecule has 1 aliphatic heterocycles. The van der Waals surface area contributed by atoms with E-state index in [1.807, 2.05) is 0 Å². The number of aliphatic hydroxyl groups excluding tert-OH is 1. The molecule has 0 saturated carbocycles. The van der Waals surface area contributed by atoms with Gasteiger partial charge in [-0.15, -0.1) is 0 Å². The van der Waals surface area contributed by atoms with E-state index >= 15 is 0 Å². The zero-order valence-corrected chi connectivity index (χ0v) is 9.40. The van der Waals surface area contributed by atoms with Crippen molar-refractivity contribution in [3.63, 3.8) is 0 Å².